The number of nitrogens with zero attached hydrogens (tertiary/aromatic N) is 2. The third-order valence-corrected chi connectivity index (χ3v) is 6.07. The highest BCUT2D eigenvalue weighted by Gasteiger charge is 2.11. The van der Waals surface area contributed by atoms with Crippen LogP contribution in [0.15, 0.2) is 88.7 Å². The van der Waals surface area contributed by atoms with E-state index < -0.39 is 0 Å². The highest BCUT2D eigenvalue weighted by molar-refractivity contribution is 7.11. The molecule has 0 aliphatic rings. The second-order valence-corrected chi connectivity index (χ2v) is 8.27. The normalized spacial score (nSPS) is 11.5. The zero-order chi connectivity index (χ0) is 21.2. The van der Waals surface area contributed by atoms with Gasteiger partial charge in [0.05, 0.1) is 11.3 Å². The number of furan rings is 1. The Morgan fingerprint density at radius 1 is 0.935 bits per heavy atom. The number of nitriles is 1. The average molecular weight is 439 g/mol. The molecule has 5 rings (SSSR count). The Morgan fingerprint density at radius 2 is 1.71 bits per heavy atom. The number of rotatable bonds is 4. The molecular formula is C26H15ClN2OS. The van der Waals surface area contributed by atoms with Crippen LogP contribution >= 0.6 is 22.9 Å². The third-order valence-electron chi connectivity index (χ3n) is 4.94. The number of hydrogen-bond acceptors (Lipinski definition) is 4. The molecule has 3 nitrogen and oxygen atoms in total. The molecule has 3 aromatic carbocycles. The van der Waals surface area contributed by atoms with E-state index in [4.69, 9.17) is 21.0 Å². The van der Waals surface area contributed by atoms with Crippen LogP contribution in [0.25, 0.3) is 45.0 Å². The summed E-state index contributed by atoms with van der Waals surface area (Å²) < 4.78 is 5.91. The first kappa shape index (κ1) is 19.3. The van der Waals surface area contributed by atoms with Crippen LogP contribution in [-0.2, 0) is 0 Å². The molecule has 0 aliphatic heterocycles. The van der Waals surface area contributed by atoms with Gasteiger partial charge in [-0.25, -0.2) is 4.98 Å². The second kappa shape index (κ2) is 8.23. The maximum absolute atomic E-state index is 9.71. The molecule has 5 aromatic rings. The van der Waals surface area contributed by atoms with E-state index in [0.29, 0.717) is 21.4 Å². The van der Waals surface area contributed by atoms with Gasteiger partial charge in [-0.1, -0.05) is 48.0 Å². The largest absolute Gasteiger partial charge is 0.457 e. The number of benzene rings is 3. The summed E-state index contributed by atoms with van der Waals surface area (Å²) in [5, 5.41) is 15.4. The van der Waals surface area contributed by atoms with E-state index in [1.165, 1.54) is 16.7 Å². The predicted octanol–water partition coefficient (Wildman–Crippen LogP) is 7.94. The molecule has 2 heterocycles. The highest BCUT2D eigenvalue weighted by atomic mass is 35.5. The van der Waals surface area contributed by atoms with Crippen molar-refractivity contribution in [2.24, 2.45) is 0 Å². The number of fused-ring (bicyclic) bond motifs is 1. The van der Waals surface area contributed by atoms with Crippen molar-refractivity contribution in [3.63, 3.8) is 0 Å². The molecule has 0 atom stereocenters. The molecule has 2 aromatic heterocycles. The van der Waals surface area contributed by atoms with E-state index in [0.717, 1.165) is 28.0 Å². The fraction of sp³-hybridized carbons (Fsp3) is 0. The van der Waals surface area contributed by atoms with Gasteiger partial charge in [0.15, 0.2) is 0 Å². The summed E-state index contributed by atoms with van der Waals surface area (Å²) in [6.45, 7) is 0. The SMILES string of the molecule is N#C/C(=C\c1ccc(-c2ccc(Cl)cc2)o1)c1nc(-c2ccc3ccccc3c2)cs1. The van der Waals surface area contributed by atoms with Crippen LogP contribution in [0.5, 0.6) is 0 Å². The van der Waals surface area contributed by atoms with Crippen LogP contribution in [0.2, 0.25) is 5.02 Å². The number of hydrogen-bond donors (Lipinski definition) is 0. The van der Waals surface area contributed by atoms with Crippen molar-refractivity contribution in [1.29, 1.82) is 5.26 Å². The maximum Gasteiger partial charge on any atom is 0.134 e. The van der Waals surface area contributed by atoms with Crippen molar-refractivity contribution in [3.05, 3.63) is 100 Å². The molecule has 0 fully saturated rings. The molecule has 0 unspecified atom stereocenters. The van der Waals surface area contributed by atoms with Gasteiger partial charge in [0.2, 0.25) is 0 Å². The molecule has 148 valence electrons. The van der Waals surface area contributed by atoms with Crippen molar-refractivity contribution in [3.8, 4) is 28.7 Å². The number of allylic oxidation sites excluding steroid dienone is 1. The van der Waals surface area contributed by atoms with Gasteiger partial charge < -0.3 is 4.42 Å². The van der Waals surface area contributed by atoms with Crippen LogP contribution < -0.4 is 0 Å². The minimum atomic E-state index is 0.467. The average Bonchev–Trinajstić information content (AvgIpc) is 3.48. The lowest BCUT2D eigenvalue weighted by Gasteiger charge is -2.00. The first-order valence-electron chi connectivity index (χ1n) is 9.62. The molecule has 0 bridgehead atoms. The van der Waals surface area contributed by atoms with E-state index in [1.807, 2.05) is 53.9 Å². The summed E-state index contributed by atoms with van der Waals surface area (Å²) in [6, 6.07) is 27.9. The molecule has 0 N–H and O–H groups in total. The van der Waals surface area contributed by atoms with Gasteiger partial charge in [0.1, 0.15) is 22.6 Å². The maximum atomic E-state index is 9.71. The summed E-state index contributed by atoms with van der Waals surface area (Å²) in [5.41, 5.74) is 3.28. The van der Waals surface area contributed by atoms with Crippen molar-refractivity contribution in [2.75, 3.05) is 0 Å². The quantitative estimate of drug-likeness (QED) is 0.267. The van der Waals surface area contributed by atoms with Crippen molar-refractivity contribution >= 4 is 45.4 Å². The molecule has 0 saturated heterocycles. The molecule has 0 saturated carbocycles. The summed E-state index contributed by atoms with van der Waals surface area (Å²) in [5.74, 6) is 1.32. The van der Waals surface area contributed by atoms with Crippen LogP contribution in [0.1, 0.15) is 10.8 Å². The molecule has 31 heavy (non-hydrogen) atoms. The topological polar surface area (TPSA) is 49.8 Å². The Balaban J connectivity index is 1.44. The molecule has 0 amide bonds. The van der Waals surface area contributed by atoms with E-state index in [1.54, 1.807) is 6.08 Å². The van der Waals surface area contributed by atoms with Gasteiger partial charge in [-0.15, -0.1) is 11.3 Å². The minimum absolute atomic E-state index is 0.467. The summed E-state index contributed by atoms with van der Waals surface area (Å²) in [7, 11) is 0. The third kappa shape index (κ3) is 4.02. The highest BCUT2D eigenvalue weighted by Crippen LogP contribution is 2.30. The number of thiazole rings is 1. The Hall–Kier alpha value is -3.65. The van der Waals surface area contributed by atoms with Crippen molar-refractivity contribution in [1.82, 2.24) is 4.98 Å². The van der Waals surface area contributed by atoms with E-state index in [9.17, 15) is 5.26 Å². The van der Waals surface area contributed by atoms with Crippen molar-refractivity contribution < 1.29 is 4.42 Å². The second-order valence-electron chi connectivity index (χ2n) is 6.98. The minimum Gasteiger partial charge on any atom is -0.457 e. The van der Waals surface area contributed by atoms with Gasteiger partial charge in [0.25, 0.3) is 0 Å². The standard InChI is InChI=1S/C26H15ClN2OS/c27-22-9-7-18(8-10-22)25-12-11-23(30-25)14-21(15-28)26-29-24(16-31-26)20-6-5-17-3-1-2-4-19(17)13-20/h1-14,16H/b21-14+. The van der Waals surface area contributed by atoms with Gasteiger partial charge in [0, 0.05) is 27.6 Å². The molecular weight excluding hydrogens is 424 g/mol. The molecule has 0 radical (unpaired) electrons. The van der Waals surface area contributed by atoms with Gasteiger partial charge in [-0.3, -0.25) is 0 Å². The lowest BCUT2D eigenvalue weighted by Crippen LogP contribution is -1.83. The number of halogens is 1. The van der Waals surface area contributed by atoms with E-state index >= 15 is 0 Å². The smallest absolute Gasteiger partial charge is 0.134 e. The van der Waals surface area contributed by atoms with E-state index in [-0.39, 0.29) is 0 Å². The van der Waals surface area contributed by atoms with Gasteiger partial charge >= 0.3 is 0 Å². The van der Waals surface area contributed by atoms with Gasteiger partial charge in [-0.05, 0) is 53.2 Å². The fourth-order valence-corrected chi connectivity index (χ4v) is 4.28. The first-order chi connectivity index (χ1) is 15.2. The Morgan fingerprint density at radius 3 is 2.52 bits per heavy atom. The molecule has 0 spiro atoms. The van der Waals surface area contributed by atoms with Crippen LogP contribution in [0, 0.1) is 11.3 Å². The Bertz CT molecular complexity index is 1450. The molecule has 5 heteroatoms. The van der Waals surface area contributed by atoms with Crippen LogP contribution in [-0.4, -0.2) is 4.98 Å². The first-order valence-corrected chi connectivity index (χ1v) is 10.9. The van der Waals surface area contributed by atoms with E-state index in [2.05, 4.69) is 36.4 Å². The summed E-state index contributed by atoms with van der Waals surface area (Å²) >= 11 is 7.40. The van der Waals surface area contributed by atoms with Crippen molar-refractivity contribution in [2.45, 2.75) is 0 Å². The molecule has 0 aliphatic carbocycles. The summed E-state index contributed by atoms with van der Waals surface area (Å²) in [4.78, 5) is 4.70. The summed E-state index contributed by atoms with van der Waals surface area (Å²) in [6.07, 6.45) is 1.72. The predicted molar refractivity (Wildman–Crippen MR) is 128 cm³/mol. The van der Waals surface area contributed by atoms with Crippen LogP contribution in [0.3, 0.4) is 0 Å². The van der Waals surface area contributed by atoms with Crippen LogP contribution in [0.4, 0.5) is 0 Å². The monoisotopic (exact) mass is 438 g/mol. The Labute approximate surface area is 188 Å². The Kier molecular flexibility index (Phi) is 5.13. The fourth-order valence-electron chi connectivity index (χ4n) is 3.36. The lowest BCUT2D eigenvalue weighted by atomic mass is 10.1. The van der Waals surface area contributed by atoms with Gasteiger partial charge in [-0.2, -0.15) is 5.26 Å². The zero-order valence-corrected chi connectivity index (χ0v) is 17.8. The zero-order valence-electron chi connectivity index (χ0n) is 16.2. The number of aromatic nitrogens is 1. The lowest BCUT2D eigenvalue weighted by molar-refractivity contribution is 0.572.